The highest BCUT2D eigenvalue weighted by Crippen LogP contribution is 2.18. The van der Waals surface area contributed by atoms with E-state index in [9.17, 15) is 18.0 Å². The molecule has 0 unspecified atom stereocenters. The van der Waals surface area contributed by atoms with Crippen LogP contribution >= 0.6 is 0 Å². The molecule has 0 saturated heterocycles. The Morgan fingerprint density at radius 1 is 1.50 bits per heavy atom. The highest BCUT2D eigenvalue weighted by atomic mass is 19.4. The average Bonchev–Trinajstić information content (AvgIpc) is 2.11. The number of rotatable bonds is 0. The number of hydrogen-bond donors (Lipinski definition) is 1. The third kappa shape index (κ3) is 1.26. The van der Waals surface area contributed by atoms with E-state index in [4.69, 9.17) is 0 Å². The van der Waals surface area contributed by atoms with Crippen LogP contribution in [0.25, 0.3) is 0 Å². The minimum atomic E-state index is -4.47. The maximum atomic E-state index is 11.6. The van der Waals surface area contributed by atoms with Crippen molar-refractivity contribution in [2.45, 2.75) is 6.18 Å². The van der Waals surface area contributed by atoms with Crippen LogP contribution in [0, 0.1) is 0 Å². The highest BCUT2D eigenvalue weighted by molar-refractivity contribution is 6.05. The molecule has 1 rings (SSSR count). The van der Waals surface area contributed by atoms with E-state index in [2.05, 4.69) is 4.99 Å². The summed E-state index contributed by atoms with van der Waals surface area (Å²) in [5, 5.41) is 1.91. The smallest absolute Gasteiger partial charge is 0.331 e. The number of aliphatic imine (C=N–C) groups is 1. The summed E-state index contributed by atoms with van der Waals surface area (Å²) in [5.74, 6) is 0. The molecule has 0 saturated carbocycles. The van der Waals surface area contributed by atoms with E-state index in [1.807, 2.05) is 5.32 Å². The highest BCUT2D eigenvalue weighted by Gasteiger charge is 2.38. The second kappa shape index (κ2) is 1.96. The quantitative estimate of drug-likeness (QED) is 0.545. The number of amides is 2. The number of halogens is 3. The lowest BCUT2D eigenvalue weighted by atomic mass is 10.4. The van der Waals surface area contributed by atoms with Crippen molar-refractivity contribution in [1.29, 1.82) is 0 Å². The fourth-order valence-electron chi connectivity index (χ4n) is 0.525. The predicted octanol–water partition coefficient (Wildman–Crippen LogP) is 0.713. The van der Waals surface area contributed by atoms with Crippen LogP contribution in [0.4, 0.5) is 18.0 Å². The standard InChI is InChI=1S/C4H3F3N2O/c5-4(6,7)2-1-8-3(10)9-2/h1H2,(H,8,10). The first-order chi connectivity index (χ1) is 4.50. The van der Waals surface area contributed by atoms with E-state index in [1.165, 1.54) is 0 Å². The van der Waals surface area contributed by atoms with Crippen LogP contribution < -0.4 is 5.32 Å². The van der Waals surface area contributed by atoms with Crippen molar-refractivity contribution in [3.63, 3.8) is 0 Å². The largest absolute Gasteiger partial charge is 0.431 e. The summed E-state index contributed by atoms with van der Waals surface area (Å²) in [6.45, 7) is -0.512. The van der Waals surface area contributed by atoms with Crippen molar-refractivity contribution >= 4 is 11.7 Å². The van der Waals surface area contributed by atoms with Crippen molar-refractivity contribution in [2.75, 3.05) is 6.54 Å². The van der Waals surface area contributed by atoms with Gasteiger partial charge in [-0.15, -0.1) is 0 Å². The zero-order valence-corrected chi connectivity index (χ0v) is 4.70. The molecular weight excluding hydrogens is 149 g/mol. The minimum Gasteiger partial charge on any atom is -0.331 e. The molecule has 0 aromatic carbocycles. The lowest BCUT2D eigenvalue weighted by molar-refractivity contribution is -0.0592. The van der Waals surface area contributed by atoms with Gasteiger partial charge in [0.2, 0.25) is 0 Å². The lowest BCUT2D eigenvalue weighted by Crippen LogP contribution is -2.27. The number of carbonyl (C=O) groups excluding carboxylic acids is 1. The van der Waals surface area contributed by atoms with Gasteiger partial charge >= 0.3 is 12.2 Å². The molecule has 6 heteroatoms. The monoisotopic (exact) mass is 152 g/mol. The van der Waals surface area contributed by atoms with Crippen LogP contribution in [0.3, 0.4) is 0 Å². The van der Waals surface area contributed by atoms with Crippen molar-refractivity contribution in [1.82, 2.24) is 5.32 Å². The molecule has 1 N–H and O–H groups in total. The Morgan fingerprint density at radius 3 is 2.30 bits per heavy atom. The Balaban J connectivity index is 2.76. The van der Waals surface area contributed by atoms with Crippen LogP contribution in [0.15, 0.2) is 4.99 Å². The van der Waals surface area contributed by atoms with Gasteiger partial charge in [0, 0.05) is 0 Å². The van der Waals surface area contributed by atoms with Gasteiger partial charge in [-0.25, -0.2) is 4.79 Å². The van der Waals surface area contributed by atoms with Gasteiger partial charge < -0.3 is 5.32 Å². The van der Waals surface area contributed by atoms with E-state index in [0.29, 0.717) is 0 Å². The number of nitrogens with one attached hydrogen (secondary N) is 1. The molecule has 0 bridgehead atoms. The van der Waals surface area contributed by atoms with Gasteiger partial charge in [-0.05, 0) is 0 Å². The first-order valence-corrected chi connectivity index (χ1v) is 2.43. The molecule has 1 aliphatic heterocycles. The Morgan fingerprint density at radius 2 is 2.10 bits per heavy atom. The molecule has 10 heavy (non-hydrogen) atoms. The van der Waals surface area contributed by atoms with Crippen LogP contribution in [0.2, 0.25) is 0 Å². The van der Waals surface area contributed by atoms with Gasteiger partial charge in [-0.3, -0.25) is 0 Å². The molecule has 0 aromatic heterocycles. The molecule has 0 radical (unpaired) electrons. The normalized spacial score (nSPS) is 18.7. The molecule has 0 fully saturated rings. The van der Waals surface area contributed by atoms with Crippen LogP contribution in [0.5, 0.6) is 0 Å². The van der Waals surface area contributed by atoms with Crippen molar-refractivity contribution < 1.29 is 18.0 Å². The average molecular weight is 152 g/mol. The van der Waals surface area contributed by atoms with Gasteiger partial charge in [-0.1, -0.05) is 0 Å². The maximum Gasteiger partial charge on any atom is 0.431 e. The Labute approximate surface area is 53.9 Å². The lowest BCUT2D eigenvalue weighted by Gasteiger charge is -2.01. The molecule has 1 heterocycles. The Hall–Kier alpha value is -1.07. The Bertz CT molecular complexity index is 195. The number of carbonyl (C=O) groups is 1. The van der Waals surface area contributed by atoms with Gasteiger partial charge in [0.05, 0.1) is 6.54 Å². The van der Waals surface area contributed by atoms with E-state index in [0.717, 1.165) is 0 Å². The first kappa shape index (κ1) is 7.04. The van der Waals surface area contributed by atoms with E-state index in [-0.39, 0.29) is 0 Å². The number of alkyl halides is 3. The van der Waals surface area contributed by atoms with E-state index >= 15 is 0 Å². The summed E-state index contributed by atoms with van der Waals surface area (Å²) >= 11 is 0. The van der Waals surface area contributed by atoms with Crippen molar-refractivity contribution in [3.8, 4) is 0 Å². The number of nitrogens with zero attached hydrogens (tertiary/aromatic N) is 1. The number of hydrogen-bond acceptors (Lipinski definition) is 1. The minimum absolute atomic E-state index is 0.512. The summed E-state index contributed by atoms with van der Waals surface area (Å²) in [6, 6.07) is -0.924. The third-order valence-corrected chi connectivity index (χ3v) is 0.971. The second-order valence-electron chi connectivity index (χ2n) is 1.71. The topological polar surface area (TPSA) is 41.5 Å². The summed E-state index contributed by atoms with van der Waals surface area (Å²) in [7, 11) is 0. The Kier molecular flexibility index (Phi) is 1.38. The predicted molar refractivity (Wildman–Crippen MR) is 26.9 cm³/mol. The first-order valence-electron chi connectivity index (χ1n) is 2.43. The SMILES string of the molecule is O=C1N=C(C(F)(F)F)CN1. The van der Waals surface area contributed by atoms with Gasteiger partial charge in [0.25, 0.3) is 0 Å². The fraction of sp³-hybridized carbons (Fsp3) is 0.500. The molecule has 0 spiro atoms. The van der Waals surface area contributed by atoms with Crippen molar-refractivity contribution in [3.05, 3.63) is 0 Å². The van der Waals surface area contributed by atoms with E-state index < -0.39 is 24.5 Å². The summed E-state index contributed by atoms with van der Waals surface area (Å²) in [5.41, 5.74) is -1.06. The molecule has 2 amide bonds. The molecule has 0 aliphatic carbocycles. The molecule has 3 nitrogen and oxygen atoms in total. The molecule has 0 aromatic rings. The number of urea groups is 1. The van der Waals surface area contributed by atoms with Gasteiger partial charge in [0.15, 0.2) is 0 Å². The van der Waals surface area contributed by atoms with E-state index in [1.54, 1.807) is 0 Å². The van der Waals surface area contributed by atoms with Crippen LogP contribution in [-0.2, 0) is 0 Å². The molecule has 56 valence electrons. The summed E-state index contributed by atoms with van der Waals surface area (Å²) < 4.78 is 34.8. The van der Waals surface area contributed by atoms with Crippen molar-refractivity contribution in [2.24, 2.45) is 4.99 Å². The zero-order valence-electron chi connectivity index (χ0n) is 4.70. The maximum absolute atomic E-state index is 11.6. The van der Waals surface area contributed by atoms with Crippen LogP contribution in [0.1, 0.15) is 0 Å². The molecule has 1 aliphatic rings. The second-order valence-corrected chi connectivity index (χ2v) is 1.71. The fourth-order valence-corrected chi connectivity index (χ4v) is 0.525. The molecular formula is C4H3F3N2O. The molecule has 0 atom stereocenters. The summed E-state index contributed by atoms with van der Waals surface area (Å²) in [6.07, 6.45) is -4.47. The third-order valence-electron chi connectivity index (χ3n) is 0.971. The zero-order chi connectivity index (χ0) is 7.78. The van der Waals surface area contributed by atoms with Gasteiger partial charge in [0.1, 0.15) is 5.71 Å². The summed E-state index contributed by atoms with van der Waals surface area (Å²) in [4.78, 5) is 12.8. The van der Waals surface area contributed by atoms with Crippen LogP contribution in [-0.4, -0.2) is 24.5 Å². The van der Waals surface area contributed by atoms with Gasteiger partial charge in [-0.2, -0.15) is 18.2 Å².